The van der Waals surface area contributed by atoms with E-state index in [1.54, 1.807) is 6.92 Å². The third-order valence-electron chi connectivity index (χ3n) is 1.69. The van der Waals surface area contributed by atoms with Crippen LogP contribution in [0.4, 0.5) is 4.39 Å². The van der Waals surface area contributed by atoms with E-state index in [4.69, 9.17) is 0 Å². The normalized spacial score (nSPS) is 30.4. The SMILES string of the molecule is CCOC(=O)[C@@H]1NCC[C@H]1F. The van der Waals surface area contributed by atoms with E-state index in [1.165, 1.54) is 0 Å². The Labute approximate surface area is 64.9 Å². The fourth-order valence-electron chi connectivity index (χ4n) is 1.13. The van der Waals surface area contributed by atoms with Crippen LogP contribution in [0.15, 0.2) is 0 Å². The molecule has 1 N–H and O–H groups in total. The molecule has 64 valence electrons. The summed E-state index contributed by atoms with van der Waals surface area (Å²) in [6.45, 7) is 2.58. The zero-order chi connectivity index (χ0) is 8.27. The molecule has 0 spiro atoms. The summed E-state index contributed by atoms with van der Waals surface area (Å²) in [6.07, 6.45) is -0.669. The standard InChI is InChI=1S/C7H12FNO2/c1-2-11-7(10)6-5(8)3-4-9-6/h5-6,9H,2-4H2,1H3/t5-,6-/m1/s1. The lowest BCUT2D eigenvalue weighted by atomic mass is 10.2. The second-order valence-corrected chi connectivity index (χ2v) is 2.49. The Balaban J connectivity index is 2.39. The van der Waals surface area contributed by atoms with Crippen molar-refractivity contribution < 1.29 is 13.9 Å². The minimum atomic E-state index is -1.07. The molecular formula is C7H12FNO2. The number of alkyl halides is 1. The predicted molar refractivity (Wildman–Crippen MR) is 37.9 cm³/mol. The average Bonchev–Trinajstić information content (AvgIpc) is 2.36. The molecule has 0 saturated carbocycles. The predicted octanol–water partition coefficient (Wildman–Crippen LogP) is 0.250. The maximum atomic E-state index is 12.8. The average molecular weight is 161 g/mol. The molecule has 1 aliphatic heterocycles. The molecule has 1 heterocycles. The highest BCUT2D eigenvalue weighted by molar-refractivity contribution is 5.76. The topological polar surface area (TPSA) is 38.3 Å². The Morgan fingerprint density at radius 2 is 2.55 bits per heavy atom. The molecule has 0 aromatic carbocycles. The number of hydrogen-bond donors (Lipinski definition) is 1. The lowest BCUT2D eigenvalue weighted by Crippen LogP contribution is -2.38. The third-order valence-corrected chi connectivity index (χ3v) is 1.69. The van der Waals surface area contributed by atoms with Gasteiger partial charge >= 0.3 is 5.97 Å². The number of halogens is 1. The fourth-order valence-corrected chi connectivity index (χ4v) is 1.13. The molecule has 11 heavy (non-hydrogen) atoms. The smallest absolute Gasteiger partial charge is 0.326 e. The highest BCUT2D eigenvalue weighted by Gasteiger charge is 2.33. The maximum absolute atomic E-state index is 12.8. The Morgan fingerprint density at radius 3 is 3.00 bits per heavy atom. The van der Waals surface area contributed by atoms with E-state index in [0.29, 0.717) is 19.6 Å². The summed E-state index contributed by atoms with van der Waals surface area (Å²) in [4.78, 5) is 10.9. The van der Waals surface area contributed by atoms with Crippen molar-refractivity contribution in [2.45, 2.75) is 25.6 Å². The summed E-state index contributed by atoms with van der Waals surface area (Å²) in [5, 5.41) is 2.74. The van der Waals surface area contributed by atoms with E-state index >= 15 is 0 Å². The van der Waals surface area contributed by atoms with Crippen molar-refractivity contribution in [3.05, 3.63) is 0 Å². The summed E-state index contributed by atoms with van der Waals surface area (Å²) in [5.41, 5.74) is 0. The largest absolute Gasteiger partial charge is 0.465 e. The van der Waals surface area contributed by atoms with Crippen molar-refractivity contribution >= 4 is 5.97 Å². The van der Waals surface area contributed by atoms with Crippen LogP contribution in [0.2, 0.25) is 0 Å². The summed E-state index contributed by atoms with van der Waals surface area (Å²) in [7, 11) is 0. The fraction of sp³-hybridized carbons (Fsp3) is 0.857. The quantitative estimate of drug-likeness (QED) is 0.590. The van der Waals surface area contributed by atoms with Gasteiger partial charge in [0, 0.05) is 0 Å². The van der Waals surface area contributed by atoms with E-state index in [1.807, 2.05) is 0 Å². The molecule has 0 aliphatic carbocycles. The van der Waals surface area contributed by atoms with Crippen LogP contribution in [0.3, 0.4) is 0 Å². The molecule has 1 rings (SSSR count). The molecular weight excluding hydrogens is 149 g/mol. The van der Waals surface area contributed by atoms with Gasteiger partial charge in [0.25, 0.3) is 0 Å². The van der Waals surface area contributed by atoms with Gasteiger partial charge in [0.05, 0.1) is 6.61 Å². The summed E-state index contributed by atoms with van der Waals surface area (Å²) in [6, 6.07) is -0.727. The second-order valence-electron chi connectivity index (χ2n) is 2.49. The number of nitrogens with one attached hydrogen (secondary N) is 1. The number of hydrogen-bond acceptors (Lipinski definition) is 3. The molecule has 2 atom stereocenters. The monoisotopic (exact) mass is 161 g/mol. The van der Waals surface area contributed by atoms with Crippen LogP contribution in [0.5, 0.6) is 0 Å². The van der Waals surface area contributed by atoms with Crippen LogP contribution in [0.1, 0.15) is 13.3 Å². The van der Waals surface area contributed by atoms with E-state index in [0.717, 1.165) is 0 Å². The minimum Gasteiger partial charge on any atom is -0.465 e. The first-order valence-electron chi connectivity index (χ1n) is 3.79. The number of ether oxygens (including phenoxy) is 1. The Kier molecular flexibility index (Phi) is 2.82. The summed E-state index contributed by atoms with van der Waals surface area (Å²) >= 11 is 0. The van der Waals surface area contributed by atoms with E-state index in [2.05, 4.69) is 10.1 Å². The Morgan fingerprint density at radius 1 is 1.82 bits per heavy atom. The van der Waals surface area contributed by atoms with Gasteiger partial charge in [0.1, 0.15) is 12.2 Å². The van der Waals surface area contributed by atoms with Crippen LogP contribution < -0.4 is 5.32 Å². The number of carbonyl (C=O) groups excluding carboxylic acids is 1. The minimum absolute atomic E-state index is 0.309. The zero-order valence-electron chi connectivity index (χ0n) is 6.47. The van der Waals surface area contributed by atoms with Crippen LogP contribution >= 0.6 is 0 Å². The number of carbonyl (C=O) groups is 1. The molecule has 0 aromatic heterocycles. The number of esters is 1. The summed E-state index contributed by atoms with van der Waals surface area (Å²) in [5.74, 6) is -0.475. The highest BCUT2D eigenvalue weighted by atomic mass is 19.1. The van der Waals surface area contributed by atoms with Gasteiger partial charge < -0.3 is 10.1 Å². The second kappa shape index (κ2) is 3.67. The Hall–Kier alpha value is -0.640. The van der Waals surface area contributed by atoms with E-state index in [-0.39, 0.29) is 0 Å². The van der Waals surface area contributed by atoms with Crippen molar-refractivity contribution in [1.82, 2.24) is 5.32 Å². The third kappa shape index (κ3) is 1.89. The van der Waals surface area contributed by atoms with E-state index < -0.39 is 18.2 Å². The van der Waals surface area contributed by atoms with Gasteiger partial charge in [-0.3, -0.25) is 4.79 Å². The van der Waals surface area contributed by atoms with Gasteiger partial charge in [-0.15, -0.1) is 0 Å². The first-order valence-corrected chi connectivity index (χ1v) is 3.79. The Bertz CT molecular complexity index is 151. The molecule has 1 aliphatic rings. The lowest BCUT2D eigenvalue weighted by molar-refractivity contribution is -0.146. The molecule has 1 saturated heterocycles. The molecule has 0 radical (unpaired) electrons. The van der Waals surface area contributed by atoms with Crippen LogP contribution in [0, 0.1) is 0 Å². The molecule has 4 heteroatoms. The van der Waals surface area contributed by atoms with Crippen molar-refractivity contribution in [2.24, 2.45) is 0 Å². The van der Waals surface area contributed by atoms with Gasteiger partial charge in [0.15, 0.2) is 0 Å². The molecule has 0 aromatic rings. The lowest BCUT2D eigenvalue weighted by Gasteiger charge is -2.10. The van der Waals surface area contributed by atoms with Gasteiger partial charge in [-0.1, -0.05) is 0 Å². The molecule has 0 unspecified atom stereocenters. The number of rotatable bonds is 2. The maximum Gasteiger partial charge on any atom is 0.326 e. The van der Waals surface area contributed by atoms with Crippen LogP contribution in [-0.4, -0.2) is 31.3 Å². The molecule has 0 amide bonds. The van der Waals surface area contributed by atoms with Crippen LogP contribution in [-0.2, 0) is 9.53 Å². The van der Waals surface area contributed by atoms with Crippen molar-refractivity contribution in [1.29, 1.82) is 0 Å². The van der Waals surface area contributed by atoms with Crippen molar-refractivity contribution in [3.63, 3.8) is 0 Å². The van der Waals surface area contributed by atoms with E-state index in [9.17, 15) is 9.18 Å². The molecule has 1 fully saturated rings. The van der Waals surface area contributed by atoms with Crippen molar-refractivity contribution in [3.8, 4) is 0 Å². The first-order chi connectivity index (χ1) is 5.25. The van der Waals surface area contributed by atoms with Crippen molar-refractivity contribution in [2.75, 3.05) is 13.2 Å². The molecule has 3 nitrogen and oxygen atoms in total. The van der Waals surface area contributed by atoms with Gasteiger partial charge in [-0.2, -0.15) is 0 Å². The summed E-state index contributed by atoms with van der Waals surface area (Å²) < 4.78 is 17.5. The van der Waals surface area contributed by atoms with Crippen LogP contribution in [0.25, 0.3) is 0 Å². The first kappa shape index (κ1) is 8.46. The van der Waals surface area contributed by atoms with Gasteiger partial charge in [0.2, 0.25) is 0 Å². The zero-order valence-corrected chi connectivity index (χ0v) is 6.47. The highest BCUT2D eigenvalue weighted by Crippen LogP contribution is 2.11. The van der Waals surface area contributed by atoms with Gasteiger partial charge in [-0.05, 0) is 19.9 Å². The molecule has 0 bridgehead atoms. The van der Waals surface area contributed by atoms with Gasteiger partial charge in [-0.25, -0.2) is 4.39 Å².